The average molecular weight is 323 g/mol. The van der Waals surface area contributed by atoms with Crippen molar-refractivity contribution < 1.29 is 18.0 Å². The van der Waals surface area contributed by atoms with Crippen molar-refractivity contribution in [3.63, 3.8) is 0 Å². The first-order valence-corrected chi connectivity index (χ1v) is 6.89. The van der Waals surface area contributed by atoms with E-state index in [2.05, 4.69) is 5.16 Å². The second-order valence-electron chi connectivity index (χ2n) is 5.18. The summed E-state index contributed by atoms with van der Waals surface area (Å²) in [5.74, 6) is 0. The minimum atomic E-state index is -4.41. The highest BCUT2D eigenvalue weighted by atomic mass is 19.4. The van der Waals surface area contributed by atoms with Crippen molar-refractivity contribution in [2.24, 2.45) is 10.6 Å². The molecule has 0 aromatic heterocycles. The van der Waals surface area contributed by atoms with Gasteiger partial charge in [0.1, 0.15) is 12.0 Å². The van der Waals surface area contributed by atoms with Crippen LogP contribution in [-0.4, -0.2) is 11.9 Å². The molecule has 0 radical (unpaired) electrons. The second-order valence-corrected chi connectivity index (χ2v) is 5.18. The van der Waals surface area contributed by atoms with Crippen LogP contribution in [0.5, 0.6) is 0 Å². The second kappa shape index (κ2) is 8.19. The summed E-state index contributed by atoms with van der Waals surface area (Å²) in [5.41, 5.74) is -0.571. The van der Waals surface area contributed by atoms with Crippen LogP contribution in [0.1, 0.15) is 31.7 Å². The van der Waals surface area contributed by atoms with E-state index in [0.717, 1.165) is 5.56 Å². The molecular weight excluding hydrogens is 307 g/mol. The standard InChI is InChI=1S/C16H16F3N3O/c1-13(22-23-10-14-5-3-2-4-6-14)9-15(11-20,12-21)7-8-16(17,18)19/h2-6H,7-10H2,1H3. The fourth-order valence-corrected chi connectivity index (χ4v) is 1.92. The van der Waals surface area contributed by atoms with Gasteiger partial charge in [0, 0.05) is 12.8 Å². The molecule has 0 aliphatic heterocycles. The zero-order valence-corrected chi connectivity index (χ0v) is 12.6. The van der Waals surface area contributed by atoms with Crippen molar-refractivity contribution >= 4 is 5.71 Å². The number of halogens is 3. The Morgan fingerprint density at radius 1 is 1.13 bits per heavy atom. The Morgan fingerprint density at radius 3 is 2.26 bits per heavy atom. The molecule has 0 aliphatic rings. The van der Waals surface area contributed by atoms with Gasteiger partial charge in [-0.15, -0.1) is 0 Å². The lowest BCUT2D eigenvalue weighted by atomic mass is 9.81. The lowest BCUT2D eigenvalue weighted by Gasteiger charge is -2.18. The molecule has 0 amide bonds. The Balaban J connectivity index is 2.63. The average Bonchev–Trinajstić information content (AvgIpc) is 2.52. The molecule has 0 saturated heterocycles. The predicted octanol–water partition coefficient (Wildman–Crippen LogP) is 4.35. The third-order valence-corrected chi connectivity index (χ3v) is 3.12. The Morgan fingerprint density at radius 2 is 1.74 bits per heavy atom. The number of nitriles is 2. The number of hydrogen-bond donors (Lipinski definition) is 0. The van der Waals surface area contributed by atoms with Gasteiger partial charge in [-0.05, 0) is 18.9 Å². The normalized spacial score (nSPS) is 12.3. The van der Waals surface area contributed by atoms with E-state index < -0.39 is 24.4 Å². The molecular formula is C16H16F3N3O. The maximum atomic E-state index is 12.3. The third kappa shape index (κ3) is 6.84. The quantitative estimate of drug-likeness (QED) is 0.553. The number of rotatable bonds is 7. The maximum Gasteiger partial charge on any atom is 0.389 e. The summed E-state index contributed by atoms with van der Waals surface area (Å²) in [6.45, 7) is 1.72. The van der Waals surface area contributed by atoms with Gasteiger partial charge in [-0.25, -0.2) is 0 Å². The lowest BCUT2D eigenvalue weighted by Crippen LogP contribution is -2.23. The van der Waals surface area contributed by atoms with Crippen LogP contribution in [0.4, 0.5) is 13.2 Å². The molecule has 4 nitrogen and oxygen atoms in total. The summed E-state index contributed by atoms with van der Waals surface area (Å²) in [5, 5.41) is 22.0. The van der Waals surface area contributed by atoms with Gasteiger partial charge in [0.05, 0.1) is 17.9 Å². The Hall–Kier alpha value is -2.54. The minimum absolute atomic E-state index is 0.190. The highest BCUT2D eigenvalue weighted by molar-refractivity contribution is 5.82. The number of hydrogen-bond acceptors (Lipinski definition) is 4. The highest BCUT2D eigenvalue weighted by Crippen LogP contribution is 2.33. The molecule has 0 fully saturated rings. The molecule has 0 unspecified atom stereocenters. The summed E-state index contributed by atoms with van der Waals surface area (Å²) in [4.78, 5) is 5.11. The van der Waals surface area contributed by atoms with Crippen LogP contribution in [0.2, 0.25) is 0 Å². The van der Waals surface area contributed by atoms with Crippen LogP contribution in [-0.2, 0) is 11.4 Å². The number of alkyl halides is 3. The van der Waals surface area contributed by atoms with E-state index in [-0.39, 0.29) is 13.0 Å². The predicted molar refractivity (Wildman–Crippen MR) is 77.9 cm³/mol. The summed E-state index contributed by atoms with van der Waals surface area (Å²) in [6, 6.07) is 12.6. The van der Waals surface area contributed by atoms with Gasteiger partial charge in [0.25, 0.3) is 0 Å². The molecule has 1 aromatic rings. The fourth-order valence-electron chi connectivity index (χ4n) is 1.92. The first kappa shape index (κ1) is 18.5. The number of oxime groups is 1. The molecule has 0 bridgehead atoms. The van der Waals surface area contributed by atoms with Crippen LogP contribution in [0.3, 0.4) is 0 Å². The lowest BCUT2D eigenvalue weighted by molar-refractivity contribution is -0.138. The van der Waals surface area contributed by atoms with Gasteiger partial charge >= 0.3 is 6.18 Å². The molecule has 0 atom stereocenters. The molecule has 0 N–H and O–H groups in total. The van der Waals surface area contributed by atoms with E-state index in [1.54, 1.807) is 12.1 Å². The van der Waals surface area contributed by atoms with Crippen molar-refractivity contribution in [3.8, 4) is 12.1 Å². The zero-order valence-electron chi connectivity index (χ0n) is 12.6. The minimum Gasteiger partial charge on any atom is -0.391 e. The van der Waals surface area contributed by atoms with E-state index in [4.69, 9.17) is 15.4 Å². The molecule has 0 saturated carbocycles. The summed E-state index contributed by atoms with van der Waals surface area (Å²) >= 11 is 0. The van der Waals surface area contributed by atoms with Gasteiger partial charge in [-0.3, -0.25) is 0 Å². The van der Waals surface area contributed by atoms with Crippen LogP contribution < -0.4 is 0 Å². The first-order chi connectivity index (χ1) is 10.8. The summed E-state index contributed by atoms with van der Waals surface area (Å²) < 4.78 is 36.9. The molecule has 122 valence electrons. The van der Waals surface area contributed by atoms with E-state index >= 15 is 0 Å². The van der Waals surface area contributed by atoms with Gasteiger partial charge in [-0.2, -0.15) is 23.7 Å². The molecule has 0 spiro atoms. The molecule has 0 aliphatic carbocycles. The smallest absolute Gasteiger partial charge is 0.389 e. The third-order valence-electron chi connectivity index (χ3n) is 3.12. The van der Waals surface area contributed by atoms with E-state index in [0.29, 0.717) is 5.71 Å². The topological polar surface area (TPSA) is 69.2 Å². The zero-order chi connectivity index (χ0) is 17.3. The molecule has 1 rings (SSSR count). The monoisotopic (exact) mass is 323 g/mol. The van der Waals surface area contributed by atoms with Crippen molar-refractivity contribution in [1.82, 2.24) is 0 Å². The van der Waals surface area contributed by atoms with Gasteiger partial charge < -0.3 is 4.84 Å². The Kier molecular flexibility index (Phi) is 6.59. The maximum absolute atomic E-state index is 12.3. The highest BCUT2D eigenvalue weighted by Gasteiger charge is 2.37. The molecule has 0 heterocycles. The van der Waals surface area contributed by atoms with Crippen LogP contribution >= 0.6 is 0 Å². The fraction of sp³-hybridized carbons (Fsp3) is 0.438. The molecule has 23 heavy (non-hydrogen) atoms. The van der Waals surface area contributed by atoms with Crippen LogP contribution in [0.25, 0.3) is 0 Å². The summed E-state index contributed by atoms with van der Waals surface area (Å²) in [6.07, 6.45) is -6.38. The van der Waals surface area contributed by atoms with Crippen LogP contribution in [0, 0.1) is 28.1 Å². The van der Waals surface area contributed by atoms with Crippen molar-refractivity contribution in [2.75, 3.05) is 0 Å². The van der Waals surface area contributed by atoms with Gasteiger partial charge in [-0.1, -0.05) is 35.5 Å². The van der Waals surface area contributed by atoms with E-state index in [9.17, 15) is 13.2 Å². The van der Waals surface area contributed by atoms with Crippen molar-refractivity contribution in [1.29, 1.82) is 10.5 Å². The van der Waals surface area contributed by atoms with Crippen molar-refractivity contribution in [2.45, 2.75) is 39.0 Å². The largest absolute Gasteiger partial charge is 0.391 e. The number of benzene rings is 1. The van der Waals surface area contributed by atoms with Gasteiger partial charge in [0.15, 0.2) is 0 Å². The SMILES string of the molecule is CC(CC(C#N)(C#N)CCC(F)(F)F)=NOCc1ccccc1. The van der Waals surface area contributed by atoms with Crippen LogP contribution in [0.15, 0.2) is 35.5 Å². The first-order valence-electron chi connectivity index (χ1n) is 6.89. The molecule has 1 aromatic carbocycles. The Bertz CT molecular complexity index is 598. The number of nitrogens with zero attached hydrogens (tertiary/aromatic N) is 3. The van der Waals surface area contributed by atoms with E-state index in [1.807, 2.05) is 30.3 Å². The van der Waals surface area contributed by atoms with Gasteiger partial charge in [0.2, 0.25) is 0 Å². The van der Waals surface area contributed by atoms with E-state index in [1.165, 1.54) is 6.92 Å². The summed E-state index contributed by atoms with van der Waals surface area (Å²) in [7, 11) is 0. The Labute approximate surface area is 132 Å². The van der Waals surface area contributed by atoms with Crippen molar-refractivity contribution in [3.05, 3.63) is 35.9 Å². The molecule has 7 heteroatoms.